The van der Waals surface area contributed by atoms with Gasteiger partial charge in [0.25, 0.3) is 11.8 Å². The van der Waals surface area contributed by atoms with Crippen molar-refractivity contribution in [1.82, 2.24) is 9.80 Å². The molecule has 2 aliphatic heterocycles. The fourth-order valence-corrected chi connectivity index (χ4v) is 24.0. The van der Waals surface area contributed by atoms with Crippen molar-refractivity contribution in [1.29, 1.82) is 0 Å². The molecule has 668 valence electrons. The van der Waals surface area contributed by atoms with Gasteiger partial charge >= 0.3 is 17.9 Å². The van der Waals surface area contributed by atoms with E-state index in [9.17, 15) is 44.1 Å². The average Bonchev–Trinajstić information content (AvgIpc) is 1.61. The quantitative estimate of drug-likeness (QED) is 0.0270. The van der Waals surface area contributed by atoms with Crippen LogP contribution in [0.3, 0.4) is 0 Å². The number of hydrogen-bond acceptors (Lipinski definition) is 16. The van der Waals surface area contributed by atoms with Crippen LogP contribution >= 0.6 is 23.8 Å². The van der Waals surface area contributed by atoms with Crippen LogP contribution in [0.4, 0.5) is 0 Å². The number of fused-ring (bicyclic) bond motifs is 6. The van der Waals surface area contributed by atoms with Crippen LogP contribution in [-0.4, -0.2) is 138 Å². The van der Waals surface area contributed by atoms with E-state index in [1.54, 1.807) is 20.8 Å². The van der Waals surface area contributed by atoms with Gasteiger partial charge in [-0.15, -0.1) is 0 Å². The zero-order valence-electron chi connectivity index (χ0n) is 74.5. The van der Waals surface area contributed by atoms with Crippen molar-refractivity contribution in [3.8, 4) is 22.3 Å². The summed E-state index contributed by atoms with van der Waals surface area (Å²) in [6.07, 6.45) is -4.44. The van der Waals surface area contributed by atoms with Crippen molar-refractivity contribution in [2.75, 3.05) is 27.4 Å². The summed E-state index contributed by atoms with van der Waals surface area (Å²) in [4.78, 5) is 85.5. The Kier molecular flexibility index (Phi) is 32.9. The number of ether oxygens (including phenoxy) is 6. The van der Waals surface area contributed by atoms with Crippen molar-refractivity contribution < 1.29 is 72.5 Å². The lowest BCUT2D eigenvalue weighted by atomic mass is 9.98. The second kappa shape index (κ2) is 45.3. The molecule has 13 aromatic carbocycles. The van der Waals surface area contributed by atoms with E-state index in [0.717, 1.165) is 56.5 Å². The van der Waals surface area contributed by atoms with Gasteiger partial charge in [0, 0.05) is 25.0 Å². The smallest absolute Gasteiger partial charge is 0.329 e. The third kappa shape index (κ3) is 23.6. The minimum absolute atomic E-state index is 0.0148. The second-order valence-electron chi connectivity index (χ2n) is 32.3. The Morgan fingerprint density at radius 3 is 0.771 bits per heavy atom. The normalized spacial score (nSPS) is 16.6. The van der Waals surface area contributed by atoms with Gasteiger partial charge in [0.15, 0.2) is 11.8 Å². The number of carboxylic acids is 1. The van der Waals surface area contributed by atoms with Crippen molar-refractivity contribution in [2.24, 2.45) is 9.98 Å². The fourth-order valence-electron chi connectivity index (χ4n) is 17.1. The van der Waals surface area contributed by atoms with Crippen LogP contribution in [0.5, 0.6) is 0 Å². The average molecular weight is 1800 g/mol. The largest absolute Gasteiger partial charge is 0.599 e. The molecule has 17 rings (SSSR count). The molecule has 13 aromatic rings. The molecule has 0 aromatic heterocycles. The first-order chi connectivity index (χ1) is 63.4. The highest BCUT2D eigenvalue weighted by Gasteiger charge is 2.54. The highest BCUT2D eigenvalue weighted by Crippen LogP contribution is 2.47. The van der Waals surface area contributed by atoms with E-state index in [1.807, 2.05) is 97.1 Å². The fraction of sp³-hybridized carbons (Fsp3) is 0.211. The highest BCUT2D eigenvalue weighted by atomic mass is 31.1. The number of nitrogens with zero attached hydrogens (tertiary/aromatic N) is 4. The van der Waals surface area contributed by atoms with E-state index in [1.165, 1.54) is 87.4 Å². The maximum absolute atomic E-state index is 13.6. The molecule has 2 amide bonds. The standard InChI is InChI=1S/C28H32N2O7.C27H30N2O8.3C18H15P/c1-16(31)25-17(2)37-28(3,4)30(25)26(33)23(14-24(32)35-5)29-27(34)36-15-22-20-12-8-6-10-18(20)19-11-7-9-13-21(19)22;1-15-23(25(32)33)29(27(2,3)37-15)24(31)21(13-22(30)35-4)28-26(34)36-14-20-18-11-7-5-9-16(18)17-10-6-8-12-19(17)20;3*1-4-10-16(11-5-1)19(17-12-6-2-7-13-17)18-14-8-3-9-15-18/h6-13,17,22-23,25H,14-15H2,1-5H3,(H,29,34);5-12,15,20-21,23H,13-14H2,1-4H3,(H,28,34)(H,32,33);3*1-15H/p-2/t17?,23-,25?;15-,21-,23?;;;/m10.../s1. The zero-order valence-corrected chi connectivity index (χ0v) is 77.1. The maximum Gasteiger partial charge on any atom is 0.329 e. The molecule has 3 unspecified atom stereocenters. The van der Waals surface area contributed by atoms with Gasteiger partial charge < -0.3 is 48.6 Å². The molecule has 2 aliphatic carbocycles. The number of Topliss-reactive ketones (excluding diaryl/α,β-unsaturated/α-hetero) is 1. The Morgan fingerprint density at radius 2 is 0.557 bits per heavy atom. The summed E-state index contributed by atoms with van der Waals surface area (Å²) < 4.78 is 31.9. The van der Waals surface area contributed by atoms with E-state index in [4.69, 9.17) is 23.7 Å². The number of rotatable bonds is 23. The number of carbonyl (C=O) groups is 6. The summed E-state index contributed by atoms with van der Waals surface area (Å²) in [5.74, 6) is -4.99. The molecule has 22 heteroatoms. The van der Waals surface area contributed by atoms with Crippen molar-refractivity contribution in [3.05, 3.63) is 392 Å². The minimum Gasteiger partial charge on any atom is -0.599 e. The molecule has 1 N–H and O–H groups in total. The molecule has 0 bridgehead atoms. The minimum atomic E-state index is -1.54. The maximum atomic E-state index is 13.6. The summed E-state index contributed by atoms with van der Waals surface area (Å²) in [7, 11) is 0.984. The predicted molar refractivity (Wildman–Crippen MR) is 519 cm³/mol. The van der Waals surface area contributed by atoms with Crippen LogP contribution in [-0.2, 0) is 57.2 Å². The molecule has 2 saturated heterocycles. The number of carbonyl (C=O) groups excluding carboxylic acids is 5. The molecular weight excluding hydrogens is 1700 g/mol. The second-order valence-corrected chi connectivity index (χ2v) is 38.9. The molecule has 131 heavy (non-hydrogen) atoms. The molecule has 4 aliphatic rings. The number of ketones is 1. The Bertz CT molecular complexity index is 5190. The molecule has 2 fully saturated rings. The lowest BCUT2D eigenvalue weighted by molar-refractivity contribution is -0.252. The Hall–Kier alpha value is -13.4. The van der Waals surface area contributed by atoms with Gasteiger partial charge in [-0.05, 0) is 164 Å². The summed E-state index contributed by atoms with van der Waals surface area (Å²) in [5.41, 5.74) is 5.91. The van der Waals surface area contributed by atoms with Crippen molar-refractivity contribution in [2.45, 2.75) is 121 Å². The van der Waals surface area contributed by atoms with Gasteiger partial charge in [-0.1, -0.05) is 370 Å². The van der Waals surface area contributed by atoms with Gasteiger partial charge in [-0.25, -0.2) is 4.79 Å². The number of carboxylic acid groups (broad SMARTS) is 1. The topological polar surface area (TPSA) is 255 Å². The lowest BCUT2D eigenvalue weighted by Crippen LogP contribution is -2.55. The van der Waals surface area contributed by atoms with Gasteiger partial charge in [-0.2, -0.15) is 0 Å². The van der Waals surface area contributed by atoms with Gasteiger partial charge in [0.05, 0.1) is 39.3 Å². The molecule has 2 heterocycles. The monoisotopic (exact) mass is 1800 g/mol. The number of amides is 2. The van der Waals surface area contributed by atoms with Crippen molar-refractivity contribution in [3.63, 3.8) is 0 Å². The van der Waals surface area contributed by atoms with Crippen LogP contribution in [0.1, 0.15) is 95.4 Å². The first kappa shape index (κ1) is 95.2. The van der Waals surface area contributed by atoms with E-state index < -0.39 is 126 Å². The van der Waals surface area contributed by atoms with Crippen LogP contribution < -0.4 is 58.0 Å². The molecular formula is C109H105N4O15P3-2. The van der Waals surface area contributed by atoms with Gasteiger partial charge in [0.2, 0.25) is 0 Å². The number of aliphatic imine (C=N–C) groups is 2. The van der Waals surface area contributed by atoms with Gasteiger partial charge in [-0.3, -0.25) is 38.9 Å². The molecule has 0 spiro atoms. The van der Waals surface area contributed by atoms with Crippen LogP contribution in [0.25, 0.3) is 22.3 Å². The first-order valence-corrected chi connectivity index (χ1v) is 47.3. The van der Waals surface area contributed by atoms with Crippen LogP contribution in [0.2, 0.25) is 0 Å². The summed E-state index contributed by atoms with van der Waals surface area (Å²) in [6, 6.07) is 123. The molecule has 0 radical (unpaired) electrons. The van der Waals surface area contributed by atoms with E-state index in [-0.39, 0.29) is 30.8 Å². The Balaban J connectivity index is 0.000000144. The van der Waals surface area contributed by atoms with Crippen LogP contribution in [0.15, 0.2) is 380 Å². The third-order valence-electron chi connectivity index (χ3n) is 22.8. The van der Waals surface area contributed by atoms with E-state index in [0.29, 0.717) is 0 Å². The molecule has 6 atom stereocenters. The van der Waals surface area contributed by atoms with Gasteiger partial charge in [0.1, 0.15) is 41.7 Å². The molecule has 19 nitrogen and oxygen atoms in total. The van der Waals surface area contributed by atoms with E-state index in [2.05, 4.69) is 288 Å². The number of aliphatic carboxylic acids is 1. The SMILES string of the molecule is COC(=O)C[C@@H](N=C([O-])OCC1c2ccccc2-c2ccccc21)C(=O)N1C(C(C)=O)C(C)OC1(C)C.COC(=O)C[C@H](N=C([O-])OCC1c2ccccc2-c2ccccc21)C(=O)N1C(C(=O)O)[C@H](C)OC1(C)C.c1ccc(P(c2ccccc2)c2ccccc2)cc1.c1ccc(P(c2ccccc2)c2ccccc2)cc1.c1ccc(P(c2ccccc2)c2ccccc2)cc1. The molecule has 0 saturated carbocycles. The van der Waals surface area contributed by atoms with E-state index >= 15 is 0 Å². The predicted octanol–water partition coefficient (Wildman–Crippen LogP) is 14.6. The first-order valence-electron chi connectivity index (χ1n) is 43.3. The third-order valence-corrected chi connectivity index (χ3v) is 30.1. The number of esters is 2. The highest BCUT2D eigenvalue weighted by molar-refractivity contribution is 7.80. The zero-order chi connectivity index (χ0) is 92.6. The summed E-state index contributed by atoms with van der Waals surface area (Å²) in [6.45, 7) is 10.9. The Labute approximate surface area is 769 Å². The Morgan fingerprint density at radius 1 is 0.351 bits per heavy atom. The number of benzene rings is 13. The number of methoxy groups -OCH3 is 2. The lowest BCUT2D eigenvalue weighted by Gasteiger charge is -2.34. The summed E-state index contributed by atoms with van der Waals surface area (Å²) >= 11 is 0. The van der Waals surface area contributed by atoms with Crippen molar-refractivity contribution >= 4 is 119 Å². The van der Waals surface area contributed by atoms with Crippen LogP contribution in [0, 0.1) is 0 Å². The number of hydrogen-bond donors (Lipinski definition) is 1. The summed E-state index contributed by atoms with van der Waals surface area (Å²) in [5, 5.41) is 47.9.